The summed E-state index contributed by atoms with van der Waals surface area (Å²) in [6, 6.07) is 0. The molecule has 0 spiro atoms. The minimum atomic E-state index is -4.25. The van der Waals surface area contributed by atoms with Gasteiger partial charge in [0.25, 0.3) is 6.18 Å². The molecule has 0 fully saturated rings. The normalized spacial score (nSPS) is 9.33. The maximum atomic E-state index is 10.2. The van der Waals surface area contributed by atoms with Gasteiger partial charge in [-0.05, 0) is 0 Å². The SMILES string of the molecule is [CH2-]C(F)(F)F.[O]=[Re](=[O])=[O]. The molecule has 0 aromatic carbocycles. The van der Waals surface area contributed by atoms with Gasteiger partial charge in [0.05, 0.1) is 0 Å². The summed E-state index contributed by atoms with van der Waals surface area (Å²) in [4.78, 5) is 0. The van der Waals surface area contributed by atoms with Crippen molar-refractivity contribution >= 4 is 0 Å². The number of alkyl halides is 3. The Kier molecular flexibility index (Phi) is 6.08. The van der Waals surface area contributed by atoms with Gasteiger partial charge >= 0.3 is 27.0 Å². The van der Waals surface area contributed by atoms with Crippen molar-refractivity contribution in [1.29, 1.82) is 0 Å². The van der Waals surface area contributed by atoms with Crippen molar-refractivity contribution < 1.29 is 40.2 Å². The molecule has 0 atom stereocenters. The summed E-state index contributed by atoms with van der Waals surface area (Å²) in [6.07, 6.45) is -4.25. The monoisotopic (exact) mass is 318 g/mol. The fourth-order valence-corrected chi connectivity index (χ4v) is 0. The van der Waals surface area contributed by atoms with E-state index in [1.807, 2.05) is 0 Å². The van der Waals surface area contributed by atoms with Crippen LogP contribution in [0.2, 0.25) is 0 Å². The molecule has 57 valence electrons. The Morgan fingerprint density at radius 3 is 1.11 bits per heavy atom. The molecule has 0 aliphatic carbocycles. The third kappa shape index (κ3) is 12300. The molecule has 7 heteroatoms. The van der Waals surface area contributed by atoms with E-state index >= 15 is 0 Å². The predicted molar refractivity (Wildman–Crippen MR) is 13.5 cm³/mol. The Labute approximate surface area is 54.0 Å². The van der Waals surface area contributed by atoms with Gasteiger partial charge in [-0.1, -0.05) is 0 Å². The number of halogens is 3. The van der Waals surface area contributed by atoms with E-state index in [1.54, 1.807) is 6.92 Å². The van der Waals surface area contributed by atoms with Crippen LogP contribution >= 0.6 is 0 Å². The molecule has 0 unspecified atom stereocenters. The van der Waals surface area contributed by atoms with E-state index in [0.29, 0.717) is 0 Å². The summed E-state index contributed by atoms with van der Waals surface area (Å²) in [5.74, 6) is 0. The molecular weight excluding hydrogens is 315 g/mol. The van der Waals surface area contributed by atoms with E-state index in [9.17, 15) is 13.2 Å². The van der Waals surface area contributed by atoms with Crippen molar-refractivity contribution in [2.45, 2.75) is 6.18 Å². The Bertz CT molecular complexity index is 138. The van der Waals surface area contributed by atoms with Crippen LogP contribution in [0.3, 0.4) is 0 Å². The number of rotatable bonds is 0. The summed E-state index contributed by atoms with van der Waals surface area (Å²) in [5, 5.41) is 0. The Balaban J connectivity index is 0. The third-order valence-corrected chi connectivity index (χ3v) is 0. The third-order valence-electron chi connectivity index (χ3n) is 0. The molecule has 0 aromatic rings. The van der Waals surface area contributed by atoms with Crippen LogP contribution in [-0.2, 0) is 27.0 Å². The molecular formula is C2H2F3O3Re-. The van der Waals surface area contributed by atoms with Gasteiger partial charge in [0, 0.05) is 0 Å². The molecule has 9 heavy (non-hydrogen) atoms. The Hall–Kier alpha value is -0.148. The second-order valence-electron chi connectivity index (χ2n) is 0.804. The van der Waals surface area contributed by atoms with Gasteiger partial charge in [-0.3, -0.25) is 0 Å². The molecule has 0 aliphatic rings. The van der Waals surface area contributed by atoms with Crippen LogP contribution in [0.15, 0.2) is 0 Å². The van der Waals surface area contributed by atoms with Gasteiger partial charge in [0.1, 0.15) is 0 Å². The summed E-state index contributed by atoms with van der Waals surface area (Å²) in [6.45, 7) is 1.77. The van der Waals surface area contributed by atoms with E-state index in [4.69, 9.17) is 10.4 Å². The molecule has 0 saturated heterocycles. The van der Waals surface area contributed by atoms with Gasteiger partial charge in [-0.15, -0.1) is 0 Å². The molecule has 0 bridgehead atoms. The summed E-state index contributed by atoms with van der Waals surface area (Å²) < 4.78 is 56.5. The van der Waals surface area contributed by atoms with E-state index in [1.165, 1.54) is 0 Å². The van der Waals surface area contributed by atoms with Crippen LogP contribution in [0.4, 0.5) is 13.2 Å². The van der Waals surface area contributed by atoms with Gasteiger partial charge in [-0.2, -0.15) is 0 Å². The van der Waals surface area contributed by atoms with E-state index in [2.05, 4.69) is 0 Å². The molecule has 0 heterocycles. The van der Waals surface area contributed by atoms with Crippen molar-refractivity contribution in [2.24, 2.45) is 0 Å². The first-order chi connectivity index (χ1) is 3.73. The quantitative estimate of drug-likeness (QED) is 0.627. The molecule has 0 saturated carbocycles. The van der Waals surface area contributed by atoms with Crippen molar-refractivity contribution in [3.63, 3.8) is 0 Å². The summed E-state index contributed by atoms with van der Waals surface area (Å²) >= 11 is -4.21. The average molecular weight is 317 g/mol. The first-order valence-corrected chi connectivity index (χ1v) is 4.71. The zero-order chi connectivity index (χ0) is 8.08. The maximum absolute atomic E-state index is 10.2. The van der Waals surface area contributed by atoms with E-state index < -0.39 is 22.8 Å². The van der Waals surface area contributed by atoms with Crippen molar-refractivity contribution in [3.8, 4) is 0 Å². The van der Waals surface area contributed by atoms with E-state index in [-0.39, 0.29) is 0 Å². The molecule has 0 aliphatic heterocycles. The average Bonchev–Trinajstić information content (AvgIpc) is 1.19. The van der Waals surface area contributed by atoms with Gasteiger partial charge in [-0.25, -0.2) is 20.1 Å². The zero-order valence-electron chi connectivity index (χ0n) is 3.94. The van der Waals surface area contributed by atoms with Crippen molar-refractivity contribution in [2.75, 3.05) is 0 Å². The second kappa shape index (κ2) is 4.71. The van der Waals surface area contributed by atoms with Gasteiger partial charge < -0.3 is 0 Å². The molecule has 0 amide bonds. The first kappa shape index (κ1) is 11.6. The fourth-order valence-electron chi connectivity index (χ4n) is 0. The van der Waals surface area contributed by atoms with Crippen LogP contribution in [0.25, 0.3) is 0 Å². The Morgan fingerprint density at radius 2 is 1.11 bits per heavy atom. The van der Waals surface area contributed by atoms with E-state index in [0.717, 1.165) is 0 Å². The standard InChI is InChI=1S/C2H2F3.3O.Re/c1-2(3,4)5;;;;/h1H2;;;;/q-1;;;;. The minimum absolute atomic E-state index is 1.77. The summed E-state index contributed by atoms with van der Waals surface area (Å²) in [5.41, 5.74) is 0. The molecule has 0 N–H and O–H groups in total. The topological polar surface area (TPSA) is 51.2 Å². The molecule has 0 radical (unpaired) electrons. The van der Waals surface area contributed by atoms with Gasteiger partial charge in [0.15, 0.2) is 0 Å². The van der Waals surface area contributed by atoms with Crippen LogP contribution in [0.1, 0.15) is 0 Å². The van der Waals surface area contributed by atoms with Crippen molar-refractivity contribution in [3.05, 3.63) is 6.92 Å². The van der Waals surface area contributed by atoms with Crippen LogP contribution < -0.4 is 0 Å². The zero-order valence-corrected chi connectivity index (χ0v) is 6.66. The first-order valence-electron chi connectivity index (χ1n) is 1.38. The fraction of sp³-hybridized carbons (Fsp3) is 0.500. The number of hydrogen-bond donors (Lipinski definition) is 0. The number of hydrogen-bond acceptors (Lipinski definition) is 3. The summed E-state index contributed by atoms with van der Waals surface area (Å²) in [7, 11) is 0. The van der Waals surface area contributed by atoms with Crippen molar-refractivity contribution in [1.82, 2.24) is 0 Å². The van der Waals surface area contributed by atoms with Crippen LogP contribution in [0, 0.1) is 6.92 Å². The molecule has 0 rings (SSSR count). The predicted octanol–water partition coefficient (Wildman–Crippen LogP) is 1.02. The van der Waals surface area contributed by atoms with Crippen LogP contribution in [0.5, 0.6) is 0 Å². The van der Waals surface area contributed by atoms with Gasteiger partial charge in [0.2, 0.25) is 0 Å². The molecule has 0 aromatic heterocycles. The molecule has 3 nitrogen and oxygen atoms in total. The van der Waals surface area contributed by atoms with Crippen LogP contribution in [-0.4, -0.2) is 6.18 Å². The second-order valence-corrected chi connectivity index (χ2v) is 2.16. The Morgan fingerprint density at radius 1 is 1.11 bits per heavy atom.